The Bertz CT molecular complexity index is 549. The van der Waals surface area contributed by atoms with Gasteiger partial charge in [-0.1, -0.05) is 37.6 Å². The average Bonchev–Trinajstić information content (AvgIpc) is 2.39. The third-order valence-corrected chi connectivity index (χ3v) is 3.16. The van der Waals surface area contributed by atoms with Crippen LogP contribution in [0.4, 0.5) is 0 Å². The Morgan fingerprint density at radius 2 is 1.89 bits per heavy atom. The quantitative estimate of drug-likeness (QED) is 0.798. The minimum Gasteiger partial charge on any atom is -0.289 e. The Morgan fingerprint density at radius 3 is 2.50 bits per heavy atom. The number of aryl methyl sites for hydroxylation is 1. The molecular weight excluding hydrogens is 290 g/mol. The first-order valence-electron chi connectivity index (χ1n) is 5.95. The molecule has 0 aliphatic heterocycles. The summed E-state index contributed by atoms with van der Waals surface area (Å²) < 4.78 is 0.816. The maximum absolute atomic E-state index is 12.2. The number of ketones is 1. The Kier molecular flexibility index (Phi) is 4.26. The predicted octanol–water partition coefficient (Wildman–Crippen LogP) is 4.03. The molecule has 1 aromatic carbocycles. The summed E-state index contributed by atoms with van der Waals surface area (Å²) in [5.74, 6) is 0.00634. The molecule has 2 nitrogen and oxygen atoms in total. The van der Waals surface area contributed by atoms with Crippen LogP contribution >= 0.6 is 15.9 Å². The maximum Gasteiger partial charge on any atom is 0.194 e. The summed E-state index contributed by atoms with van der Waals surface area (Å²) in [6, 6.07) is 9.59. The van der Waals surface area contributed by atoms with Crippen LogP contribution in [-0.4, -0.2) is 10.8 Å². The first-order chi connectivity index (χ1) is 8.70. The van der Waals surface area contributed by atoms with Gasteiger partial charge in [0, 0.05) is 28.0 Å². The summed E-state index contributed by atoms with van der Waals surface area (Å²) in [5.41, 5.74) is 2.57. The molecular formula is C15H14BrNO. The highest BCUT2D eigenvalue weighted by Gasteiger charge is 2.09. The van der Waals surface area contributed by atoms with Gasteiger partial charge in [0.2, 0.25) is 0 Å². The molecule has 0 spiro atoms. The molecule has 0 amide bonds. The van der Waals surface area contributed by atoms with Crippen molar-refractivity contribution in [2.45, 2.75) is 19.8 Å². The molecule has 0 bridgehead atoms. The topological polar surface area (TPSA) is 30.0 Å². The number of hydrogen-bond acceptors (Lipinski definition) is 2. The van der Waals surface area contributed by atoms with Gasteiger partial charge in [0.25, 0.3) is 0 Å². The van der Waals surface area contributed by atoms with Crippen molar-refractivity contribution >= 4 is 21.7 Å². The summed E-state index contributed by atoms with van der Waals surface area (Å²) in [4.78, 5) is 16.2. The lowest BCUT2D eigenvalue weighted by atomic mass is 10.0. The molecule has 18 heavy (non-hydrogen) atoms. The van der Waals surface area contributed by atoms with Crippen molar-refractivity contribution in [3.8, 4) is 0 Å². The maximum atomic E-state index is 12.2. The number of rotatable bonds is 4. The molecule has 0 saturated carbocycles. The number of carbonyl (C=O) groups excluding carboxylic acids is 1. The second kappa shape index (κ2) is 5.91. The minimum atomic E-state index is 0.00634. The lowest BCUT2D eigenvalue weighted by molar-refractivity contribution is 0.103. The van der Waals surface area contributed by atoms with Crippen molar-refractivity contribution in [2.75, 3.05) is 0 Å². The molecule has 0 atom stereocenters. The van der Waals surface area contributed by atoms with E-state index in [0.717, 1.165) is 17.3 Å². The van der Waals surface area contributed by atoms with Gasteiger partial charge in [0.05, 0.1) is 0 Å². The van der Waals surface area contributed by atoms with Crippen LogP contribution < -0.4 is 0 Å². The van der Waals surface area contributed by atoms with E-state index < -0.39 is 0 Å². The van der Waals surface area contributed by atoms with Gasteiger partial charge in [-0.05, 0) is 34.0 Å². The molecule has 0 saturated heterocycles. The monoisotopic (exact) mass is 303 g/mol. The summed E-state index contributed by atoms with van der Waals surface area (Å²) in [6.07, 6.45) is 5.42. The number of hydrogen-bond donors (Lipinski definition) is 0. The molecule has 0 N–H and O–H groups in total. The van der Waals surface area contributed by atoms with Gasteiger partial charge >= 0.3 is 0 Å². The van der Waals surface area contributed by atoms with Crippen LogP contribution in [0.25, 0.3) is 0 Å². The van der Waals surface area contributed by atoms with Crippen LogP contribution in [0, 0.1) is 0 Å². The van der Waals surface area contributed by atoms with E-state index in [9.17, 15) is 4.79 Å². The predicted molar refractivity (Wildman–Crippen MR) is 75.8 cm³/mol. The second-order valence-electron chi connectivity index (χ2n) is 4.17. The van der Waals surface area contributed by atoms with Gasteiger partial charge in [-0.15, -0.1) is 0 Å². The highest BCUT2D eigenvalue weighted by Crippen LogP contribution is 2.15. The summed E-state index contributed by atoms with van der Waals surface area (Å²) >= 11 is 3.32. The number of benzene rings is 1. The molecule has 0 radical (unpaired) electrons. The van der Waals surface area contributed by atoms with Gasteiger partial charge in [0.1, 0.15) is 0 Å². The second-order valence-corrected chi connectivity index (χ2v) is 5.08. The van der Waals surface area contributed by atoms with E-state index in [0.29, 0.717) is 11.1 Å². The van der Waals surface area contributed by atoms with Crippen LogP contribution in [0.1, 0.15) is 34.8 Å². The normalized spacial score (nSPS) is 10.3. The summed E-state index contributed by atoms with van der Waals surface area (Å²) in [5, 5.41) is 0. The van der Waals surface area contributed by atoms with Crippen molar-refractivity contribution < 1.29 is 4.79 Å². The van der Waals surface area contributed by atoms with Crippen LogP contribution in [0.3, 0.4) is 0 Å². The Balaban J connectivity index is 2.23. The minimum absolute atomic E-state index is 0.00634. The molecule has 0 unspecified atom stereocenters. The van der Waals surface area contributed by atoms with Crippen molar-refractivity contribution in [1.82, 2.24) is 4.98 Å². The largest absolute Gasteiger partial charge is 0.289 e. The summed E-state index contributed by atoms with van der Waals surface area (Å²) in [7, 11) is 0. The van der Waals surface area contributed by atoms with Gasteiger partial charge in [-0.3, -0.25) is 9.78 Å². The van der Waals surface area contributed by atoms with Crippen molar-refractivity contribution in [3.05, 3.63) is 63.9 Å². The smallest absolute Gasteiger partial charge is 0.194 e. The molecule has 0 fully saturated rings. The van der Waals surface area contributed by atoms with Crippen molar-refractivity contribution in [2.24, 2.45) is 0 Å². The molecule has 3 heteroatoms. The first kappa shape index (κ1) is 13.0. The molecule has 1 aromatic heterocycles. The van der Waals surface area contributed by atoms with Crippen LogP contribution in [0.15, 0.2) is 47.2 Å². The molecule has 0 aliphatic rings. The number of nitrogens with zero attached hydrogens (tertiary/aromatic N) is 1. The van der Waals surface area contributed by atoms with Crippen LogP contribution in [-0.2, 0) is 6.42 Å². The first-order valence-corrected chi connectivity index (χ1v) is 6.74. The average molecular weight is 304 g/mol. The third-order valence-electron chi connectivity index (χ3n) is 2.72. The van der Waals surface area contributed by atoms with Crippen molar-refractivity contribution in [1.29, 1.82) is 0 Å². The number of carbonyl (C=O) groups is 1. The Labute approximate surface area is 115 Å². The van der Waals surface area contributed by atoms with Gasteiger partial charge in [0.15, 0.2) is 5.78 Å². The number of halogens is 1. The van der Waals surface area contributed by atoms with Gasteiger partial charge in [-0.2, -0.15) is 0 Å². The Hall–Kier alpha value is -1.48. The lowest BCUT2D eigenvalue weighted by Crippen LogP contribution is -2.02. The Morgan fingerprint density at radius 1 is 1.17 bits per heavy atom. The highest BCUT2D eigenvalue weighted by atomic mass is 79.9. The van der Waals surface area contributed by atoms with E-state index in [1.165, 1.54) is 5.56 Å². The fourth-order valence-corrected chi connectivity index (χ4v) is 2.18. The zero-order valence-electron chi connectivity index (χ0n) is 10.2. The van der Waals surface area contributed by atoms with E-state index in [1.807, 2.05) is 24.3 Å². The van der Waals surface area contributed by atoms with Crippen LogP contribution in [0.2, 0.25) is 0 Å². The van der Waals surface area contributed by atoms with E-state index in [1.54, 1.807) is 18.5 Å². The van der Waals surface area contributed by atoms with E-state index in [-0.39, 0.29) is 5.78 Å². The molecule has 1 heterocycles. The molecule has 2 rings (SSSR count). The zero-order valence-corrected chi connectivity index (χ0v) is 11.8. The third kappa shape index (κ3) is 3.05. The SMILES string of the molecule is CCCc1ccc(C(=O)c2cncc(Br)c2)cc1. The molecule has 0 aliphatic carbocycles. The van der Waals surface area contributed by atoms with Gasteiger partial charge in [-0.25, -0.2) is 0 Å². The zero-order chi connectivity index (χ0) is 13.0. The van der Waals surface area contributed by atoms with E-state index >= 15 is 0 Å². The fourth-order valence-electron chi connectivity index (χ4n) is 1.81. The number of aromatic nitrogens is 1. The lowest BCUT2D eigenvalue weighted by Gasteiger charge is -2.03. The molecule has 92 valence electrons. The van der Waals surface area contributed by atoms with Gasteiger partial charge < -0.3 is 0 Å². The van der Waals surface area contributed by atoms with Crippen molar-refractivity contribution in [3.63, 3.8) is 0 Å². The number of pyridine rings is 1. The summed E-state index contributed by atoms with van der Waals surface area (Å²) in [6.45, 7) is 2.15. The molecule has 2 aromatic rings. The van der Waals surface area contributed by atoms with Crippen LogP contribution in [0.5, 0.6) is 0 Å². The highest BCUT2D eigenvalue weighted by molar-refractivity contribution is 9.10. The van der Waals surface area contributed by atoms with E-state index in [4.69, 9.17) is 0 Å². The van der Waals surface area contributed by atoms with E-state index in [2.05, 4.69) is 27.8 Å². The standard InChI is InChI=1S/C15H14BrNO/c1-2-3-11-4-6-12(7-5-11)15(18)13-8-14(16)10-17-9-13/h4-10H,2-3H2,1H3. The fraction of sp³-hybridized carbons (Fsp3) is 0.200.